The molecule has 1 aromatic carbocycles. The third-order valence-electron chi connectivity index (χ3n) is 3.47. The number of hydrogen-bond acceptors (Lipinski definition) is 4. The zero-order chi connectivity index (χ0) is 14.4. The molecule has 21 heavy (non-hydrogen) atoms. The number of anilines is 1. The van der Waals surface area contributed by atoms with Crippen LogP contribution in [-0.2, 0) is 9.53 Å². The maximum absolute atomic E-state index is 11.8. The summed E-state index contributed by atoms with van der Waals surface area (Å²) in [5, 5.41) is 6.20. The summed E-state index contributed by atoms with van der Waals surface area (Å²) in [5.74, 6) is -0.375. The number of rotatable bonds is 5. The lowest BCUT2D eigenvalue weighted by Gasteiger charge is -2.10. The lowest BCUT2D eigenvalue weighted by atomic mass is 10.1. The Labute approximate surface area is 130 Å². The van der Waals surface area contributed by atoms with Crippen molar-refractivity contribution in [1.82, 2.24) is 5.32 Å². The highest BCUT2D eigenvalue weighted by Gasteiger charge is 2.15. The maximum atomic E-state index is 11.8. The highest BCUT2D eigenvalue weighted by atomic mass is 35.5. The molecule has 1 heterocycles. The van der Waals surface area contributed by atoms with Crippen molar-refractivity contribution >= 4 is 30.0 Å². The molecule has 2 N–H and O–H groups in total. The van der Waals surface area contributed by atoms with E-state index in [9.17, 15) is 9.59 Å². The molecule has 1 aliphatic rings. The van der Waals surface area contributed by atoms with E-state index in [1.165, 1.54) is 13.5 Å². The van der Waals surface area contributed by atoms with Gasteiger partial charge < -0.3 is 15.4 Å². The van der Waals surface area contributed by atoms with Crippen molar-refractivity contribution < 1.29 is 14.3 Å². The van der Waals surface area contributed by atoms with E-state index in [0.717, 1.165) is 19.4 Å². The first-order valence-electron chi connectivity index (χ1n) is 6.90. The van der Waals surface area contributed by atoms with Gasteiger partial charge in [0, 0.05) is 18.2 Å². The van der Waals surface area contributed by atoms with Gasteiger partial charge in [-0.3, -0.25) is 4.79 Å². The average Bonchev–Trinajstić information content (AvgIpc) is 2.98. The fourth-order valence-electron chi connectivity index (χ4n) is 2.34. The fraction of sp³-hybridized carbons (Fsp3) is 0.467. The summed E-state index contributed by atoms with van der Waals surface area (Å²) in [6.07, 6.45) is 3.73. The van der Waals surface area contributed by atoms with E-state index in [1.807, 2.05) is 0 Å². The van der Waals surface area contributed by atoms with Crippen molar-refractivity contribution in [2.75, 3.05) is 19.0 Å². The van der Waals surface area contributed by atoms with Gasteiger partial charge >= 0.3 is 5.97 Å². The Hall–Kier alpha value is -1.59. The average molecular weight is 313 g/mol. The molecule has 0 spiro atoms. The van der Waals surface area contributed by atoms with Gasteiger partial charge in [-0.05, 0) is 50.1 Å². The Bertz CT molecular complexity index is 470. The number of carbonyl (C=O) groups is 2. The Morgan fingerprint density at radius 1 is 1.33 bits per heavy atom. The van der Waals surface area contributed by atoms with Crippen LogP contribution in [-0.4, -0.2) is 31.6 Å². The quantitative estimate of drug-likeness (QED) is 0.819. The second-order valence-corrected chi connectivity index (χ2v) is 4.95. The van der Waals surface area contributed by atoms with Crippen LogP contribution in [0.4, 0.5) is 5.69 Å². The molecule has 0 saturated carbocycles. The van der Waals surface area contributed by atoms with E-state index in [1.54, 1.807) is 24.3 Å². The maximum Gasteiger partial charge on any atom is 0.337 e. The molecule has 5 nitrogen and oxygen atoms in total. The van der Waals surface area contributed by atoms with Gasteiger partial charge in [0.25, 0.3) is 0 Å². The first kappa shape index (κ1) is 17.5. The molecule has 0 radical (unpaired) electrons. The van der Waals surface area contributed by atoms with Gasteiger partial charge in [0.15, 0.2) is 0 Å². The van der Waals surface area contributed by atoms with Crippen molar-refractivity contribution in [3.63, 3.8) is 0 Å². The molecule has 1 unspecified atom stereocenters. The Kier molecular flexibility index (Phi) is 7.19. The Morgan fingerprint density at radius 2 is 2.05 bits per heavy atom. The number of halogens is 1. The van der Waals surface area contributed by atoms with Gasteiger partial charge in [-0.25, -0.2) is 4.79 Å². The van der Waals surface area contributed by atoms with Crippen LogP contribution >= 0.6 is 12.4 Å². The van der Waals surface area contributed by atoms with Crippen LogP contribution in [0.3, 0.4) is 0 Å². The molecule has 1 fully saturated rings. The Morgan fingerprint density at radius 3 is 2.62 bits per heavy atom. The minimum Gasteiger partial charge on any atom is -0.465 e. The molecule has 1 atom stereocenters. The largest absolute Gasteiger partial charge is 0.465 e. The van der Waals surface area contributed by atoms with Crippen molar-refractivity contribution in [2.45, 2.75) is 31.7 Å². The molecule has 0 aromatic heterocycles. The van der Waals surface area contributed by atoms with Crippen molar-refractivity contribution in [3.8, 4) is 0 Å². The Balaban J connectivity index is 0.00000220. The zero-order valence-electron chi connectivity index (χ0n) is 12.1. The number of hydrogen-bond donors (Lipinski definition) is 2. The molecule has 1 amide bonds. The number of carbonyl (C=O) groups excluding carboxylic acids is 2. The summed E-state index contributed by atoms with van der Waals surface area (Å²) in [6.45, 7) is 1.06. The predicted octanol–water partition coefficient (Wildman–Crippen LogP) is 2.37. The summed E-state index contributed by atoms with van der Waals surface area (Å²) in [7, 11) is 1.34. The SMILES string of the molecule is COC(=O)c1ccc(NC(=O)CCC2CCCN2)cc1.Cl. The van der Waals surface area contributed by atoms with Crippen LogP contribution in [0, 0.1) is 0 Å². The highest BCUT2D eigenvalue weighted by Crippen LogP contribution is 2.13. The molecule has 0 aliphatic carbocycles. The van der Waals surface area contributed by atoms with E-state index in [0.29, 0.717) is 23.7 Å². The van der Waals surface area contributed by atoms with Crippen LogP contribution in [0.1, 0.15) is 36.0 Å². The molecule has 0 bridgehead atoms. The molecule has 116 valence electrons. The third-order valence-corrected chi connectivity index (χ3v) is 3.47. The zero-order valence-corrected chi connectivity index (χ0v) is 12.9. The van der Waals surface area contributed by atoms with E-state index >= 15 is 0 Å². The van der Waals surface area contributed by atoms with E-state index in [4.69, 9.17) is 0 Å². The van der Waals surface area contributed by atoms with E-state index in [-0.39, 0.29) is 24.3 Å². The van der Waals surface area contributed by atoms with Gasteiger partial charge in [-0.15, -0.1) is 12.4 Å². The second-order valence-electron chi connectivity index (χ2n) is 4.95. The summed E-state index contributed by atoms with van der Waals surface area (Å²) in [5.41, 5.74) is 1.17. The molecule has 1 aromatic rings. The van der Waals surface area contributed by atoms with Crippen molar-refractivity contribution in [2.24, 2.45) is 0 Å². The first-order valence-corrected chi connectivity index (χ1v) is 6.90. The fourth-order valence-corrected chi connectivity index (χ4v) is 2.34. The molecular formula is C15H21ClN2O3. The van der Waals surface area contributed by atoms with Gasteiger partial charge in [0.05, 0.1) is 12.7 Å². The normalized spacial score (nSPS) is 16.9. The minimum atomic E-state index is -0.379. The minimum absolute atomic E-state index is 0. The topological polar surface area (TPSA) is 67.4 Å². The molecule has 1 aliphatic heterocycles. The number of esters is 1. The van der Waals surface area contributed by atoms with Crippen LogP contribution in [0.15, 0.2) is 24.3 Å². The summed E-state index contributed by atoms with van der Waals surface area (Å²) in [4.78, 5) is 23.1. The summed E-state index contributed by atoms with van der Waals surface area (Å²) < 4.78 is 4.62. The van der Waals surface area contributed by atoms with Gasteiger partial charge in [0.2, 0.25) is 5.91 Å². The van der Waals surface area contributed by atoms with Crippen molar-refractivity contribution in [3.05, 3.63) is 29.8 Å². The number of nitrogens with one attached hydrogen (secondary N) is 2. The number of ether oxygens (including phenoxy) is 1. The lowest BCUT2D eigenvalue weighted by Crippen LogP contribution is -2.23. The molecule has 1 saturated heterocycles. The van der Waals surface area contributed by atoms with Crippen LogP contribution in [0.25, 0.3) is 0 Å². The van der Waals surface area contributed by atoms with Crippen LogP contribution in [0.5, 0.6) is 0 Å². The van der Waals surface area contributed by atoms with Gasteiger partial charge in [-0.1, -0.05) is 0 Å². The summed E-state index contributed by atoms with van der Waals surface area (Å²) >= 11 is 0. The highest BCUT2D eigenvalue weighted by molar-refractivity contribution is 5.93. The number of methoxy groups -OCH3 is 1. The first-order chi connectivity index (χ1) is 9.69. The van der Waals surface area contributed by atoms with Crippen LogP contribution < -0.4 is 10.6 Å². The lowest BCUT2D eigenvalue weighted by molar-refractivity contribution is -0.116. The second kappa shape index (κ2) is 8.64. The van der Waals surface area contributed by atoms with Gasteiger partial charge in [-0.2, -0.15) is 0 Å². The smallest absolute Gasteiger partial charge is 0.337 e. The summed E-state index contributed by atoms with van der Waals surface area (Å²) in [6, 6.07) is 7.16. The van der Waals surface area contributed by atoms with Crippen molar-refractivity contribution in [1.29, 1.82) is 0 Å². The van der Waals surface area contributed by atoms with Crippen LogP contribution in [0.2, 0.25) is 0 Å². The number of benzene rings is 1. The monoisotopic (exact) mass is 312 g/mol. The molecule has 2 rings (SSSR count). The number of amides is 1. The molecule has 6 heteroatoms. The standard InChI is InChI=1S/C15H20N2O3.ClH/c1-20-15(19)11-4-6-13(7-5-11)17-14(18)9-8-12-3-2-10-16-12;/h4-7,12,16H,2-3,8-10H2,1H3,(H,17,18);1H. The third kappa shape index (κ3) is 5.36. The van der Waals surface area contributed by atoms with E-state index < -0.39 is 0 Å². The molecular weight excluding hydrogens is 292 g/mol. The van der Waals surface area contributed by atoms with Gasteiger partial charge in [0.1, 0.15) is 0 Å². The predicted molar refractivity (Wildman–Crippen MR) is 83.9 cm³/mol. The van der Waals surface area contributed by atoms with E-state index in [2.05, 4.69) is 15.4 Å².